The topological polar surface area (TPSA) is 46.2 Å². The maximum atomic E-state index is 12.7. The van der Waals surface area contributed by atoms with Crippen LogP contribution in [0.2, 0.25) is 5.02 Å². The predicted molar refractivity (Wildman–Crippen MR) is 85.2 cm³/mol. The average molecular weight is 392 g/mol. The summed E-state index contributed by atoms with van der Waals surface area (Å²) >= 11 is 9.13. The van der Waals surface area contributed by atoms with E-state index in [1.807, 2.05) is 0 Å². The molecule has 1 unspecified atom stereocenters. The first-order valence-electron chi connectivity index (χ1n) is 6.26. The van der Waals surface area contributed by atoms with Crippen LogP contribution in [-0.2, 0) is 16.2 Å². The van der Waals surface area contributed by atoms with Crippen molar-refractivity contribution in [2.45, 2.75) is 16.3 Å². The fourth-order valence-electron chi connectivity index (χ4n) is 1.82. The molecule has 3 nitrogen and oxygen atoms in total. The Morgan fingerprint density at radius 3 is 2.64 bits per heavy atom. The highest BCUT2D eigenvalue weighted by molar-refractivity contribution is 8.06. The fraction of sp³-hybridized carbons (Fsp3) is 0.500. The zero-order chi connectivity index (χ0) is 16.4. The quantitative estimate of drug-likeness (QED) is 0.853. The van der Waals surface area contributed by atoms with Gasteiger partial charge in [-0.1, -0.05) is 11.6 Å². The molecule has 10 heteroatoms. The highest BCUT2D eigenvalue weighted by Crippen LogP contribution is 2.33. The van der Waals surface area contributed by atoms with Crippen LogP contribution in [0.3, 0.4) is 0 Å². The lowest BCUT2D eigenvalue weighted by molar-refractivity contribution is -0.137. The second kappa shape index (κ2) is 7.21. The maximum Gasteiger partial charge on any atom is 0.416 e. The average Bonchev–Trinajstić information content (AvgIpc) is 2.45. The molecule has 0 saturated carbocycles. The minimum atomic E-state index is -4.62. The molecule has 1 saturated heterocycles. The monoisotopic (exact) mass is 391 g/mol. The zero-order valence-corrected chi connectivity index (χ0v) is 14.4. The van der Waals surface area contributed by atoms with E-state index < -0.39 is 26.7 Å². The van der Waals surface area contributed by atoms with Gasteiger partial charge in [-0.3, -0.25) is 0 Å². The third kappa shape index (κ3) is 4.70. The molecule has 0 spiro atoms. The zero-order valence-electron chi connectivity index (χ0n) is 11.2. The number of hydrogen-bond donors (Lipinski definition) is 1. The summed E-state index contributed by atoms with van der Waals surface area (Å²) in [6, 6.07) is 2.27. The van der Waals surface area contributed by atoms with Crippen LogP contribution in [0.25, 0.3) is 0 Å². The van der Waals surface area contributed by atoms with Crippen molar-refractivity contribution in [1.82, 2.24) is 4.72 Å². The van der Waals surface area contributed by atoms with Gasteiger partial charge in [0, 0.05) is 29.1 Å². The lowest BCUT2D eigenvalue weighted by Crippen LogP contribution is -2.33. The number of thioether (sulfide) groups is 2. The van der Waals surface area contributed by atoms with Crippen LogP contribution < -0.4 is 4.72 Å². The molecule has 1 aromatic carbocycles. The third-order valence-corrected chi connectivity index (χ3v) is 7.68. The second-order valence-electron chi connectivity index (χ2n) is 4.56. The summed E-state index contributed by atoms with van der Waals surface area (Å²) in [5.41, 5.74) is -1.04. The van der Waals surface area contributed by atoms with E-state index >= 15 is 0 Å². The molecule has 1 N–H and O–H groups in total. The van der Waals surface area contributed by atoms with Crippen LogP contribution in [0.4, 0.5) is 13.2 Å². The molecular weight excluding hydrogens is 379 g/mol. The lowest BCUT2D eigenvalue weighted by atomic mass is 10.2. The first-order valence-corrected chi connectivity index (χ1v) is 10.3. The Kier molecular flexibility index (Phi) is 5.98. The summed E-state index contributed by atoms with van der Waals surface area (Å²) < 4.78 is 64.8. The molecule has 1 aliphatic heterocycles. The van der Waals surface area contributed by atoms with Gasteiger partial charge in [0.2, 0.25) is 10.0 Å². The summed E-state index contributed by atoms with van der Waals surface area (Å²) in [6.45, 7) is 0.173. The Hall–Kier alpha value is -0.0900. The van der Waals surface area contributed by atoms with E-state index in [4.69, 9.17) is 11.6 Å². The normalized spacial score (nSPS) is 20.1. The summed E-state index contributed by atoms with van der Waals surface area (Å²) in [7, 11) is -4.08. The number of sulfonamides is 1. The van der Waals surface area contributed by atoms with Crippen LogP contribution in [0.1, 0.15) is 5.56 Å². The molecule has 2 rings (SSSR count). The molecule has 0 aliphatic carbocycles. The minimum Gasteiger partial charge on any atom is -0.210 e. The molecule has 1 heterocycles. The van der Waals surface area contributed by atoms with Gasteiger partial charge in [-0.25, -0.2) is 13.1 Å². The molecule has 0 bridgehead atoms. The first kappa shape index (κ1) is 18.3. The van der Waals surface area contributed by atoms with Gasteiger partial charge in [-0.05, 0) is 18.2 Å². The van der Waals surface area contributed by atoms with Gasteiger partial charge >= 0.3 is 6.18 Å². The summed E-state index contributed by atoms with van der Waals surface area (Å²) in [5.74, 6) is 2.76. The van der Waals surface area contributed by atoms with Crippen LogP contribution in [-0.4, -0.2) is 37.5 Å². The van der Waals surface area contributed by atoms with Gasteiger partial charge in [-0.15, -0.1) is 0 Å². The largest absolute Gasteiger partial charge is 0.416 e. The van der Waals surface area contributed by atoms with Crippen LogP contribution in [0.5, 0.6) is 0 Å². The molecule has 0 radical (unpaired) electrons. The van der Waals surface area contributed by atoms with Gasteiger partial charge in [0.15, 0.2) is 0 Å². The lowest BCUT2D eigenvalue weighted by Gasteiger charge is -2.21. The molecule has 1 fully saturated rings. The van der Waals surface area contributed by atoms with E-state index in [0.717, 1.165) is 29.4 Å². The van der Waals surface area contributed by atoms with Crippen molar-refractivity contribution >= 4 is 45.1 Å². The van der Waals surface area contributed by atoms with E-state index in [1.165, 1.54) is 0 Å². The van der Waals surface area contributed by atoms with Crippen molar-refractivity contribution in [3.63, 3.8) is 0 Å². The molecule has 0 amide bonds. The van der Waals surface area contributed by atoms with Crippen molar-refractivity contribution in [3.8, 4) is 0 Å². The van der Waals surface area contributed by atoms with Crippen LogP contribution in [0.15, 0.2) is 23.1 Å². The third-order valence-electron chi connectivity index (χ3n) is 2.93. The number of benzene rings is 1. The van der Waals surface area contributed by atoms with Crippen molar-refractivity contribution < 1.29 is 21.6 Å². The second-order valence-corrected chi connectivity index (χ2v) is 9.26. The molecule has 1 aromatic rings. The van der Waals surface area contributed by atoms with Crippen molar-refractivity contribution in [3.05, 3.63) is 28.8 Å². The molecule has 22 heavy (non-hydrogen) atoms. The maximum absolute atomic E-state index is 12.7. The Labute approximate surface area is 140 Å². The van der Waals surface area contributed by atoms with Gasteiger partial charge in [0.25, 0.3) is 0 Å². The molecular formula is C12H13ClF3NO2S3. The fourth-order valence-corrected chi connectivity index (χ4v) is 6.14. The number of hydrogen-bond acceptors (Lipinski definition) is 4. The molecule has 0 aromatic heterocycles. The number of halogens is 4. The molecule has 124 valence electrons. The smallest absolute Gasteiger partial charge is 0.210 e. The number of nitrogens with one attached hydrogen (secondary N) is 1. The summed E-state index contributed by atoms with van der Waals surface area (Å²) in [5, 5.41) is -0.121. The van der Waals surface area contributed by atoms with E-state index in [9.17, 15) is 21.6 Å². The highest BCUT2D eigenvalue weighted by Gasteiger charge is 2.32. The Bertz CT molecular complexity index is 631. The Morgan fingerprint density at radius 2 is 2.05 bits per heavy atom. The minimum absolute atomic E-state index is 0.109. The Balaban J connectivity index is 2.17. The van der Waals surface area contributed by atoms with E-state index in [0.29, 0.717) is 6.07 Å². The van der Waals surface area contributed by atoms with Gasteiger partial charge in [0.1, 0.15) is 4.90 Å². The predicted octanol–water partition coefficient (Wildman–Crippen LogP) is 3.49. The number of rotatable bonds is 4. The van der Waals surface area contributed by atoms with Gasteiger partial charge in [0.05, 0.1) is 10.6 Å². The molecule has 1 aliphatic rings. The number of alkyl halides is 3. The summed E-state index contributed by atoms with van der Waals surface area (Å²) in [6.07, 6.45) is -4.62. The van der Waals surface area contributed by atoms with E-state index in [-0.39, 0.29) is 16.8 Å². The van der Waals surface area contributed by atoms with Crippen LogP contribution >= 0.6 is 35.1 Å². The first-order chi connectivity index (χ1) is 10.2. The van der Waals surface area contributed by atoms with Gasteiger partial charge in [-0.2, -0.15) is 36.7 Å². The van der Waals surface area contributed by atoms with Crippen LogP contribution in [0, 0.1) is 0 Å². The standard InChI is InChI=1S/C12H13ClF3NO2S3/c13-10-2-1-8(12(14,15)16)5-11(10)22(18,19)17-6-9-7-20-3-4-21-9/h1-2,5,9,17H,3-4,6-7H2. The SMILES string of the molecule is O=S(=O)(NCC1CSCCS1)c1cc(C(F)(F)F)ccc1Cl. The summed E-state index contributed by atoms with van der Waals surface area (Å²) in [4.78, 5) is -0.544. The molecule has 1 atom stereocenters. The Morgan fingerprint density at radius 1 is 1.32 bits per heavy atom. The van der Waals surface area contributed by atoms with Crippen molar-refractivity contribution in [1.29, 1.82) is 0 Å². The van der Waals surface area contributed by atoms with Gasteiger partial charge < -0.3 is 0 Å². The van der Waals surface area contributed by atoms with Crippen molar-refractivity contribution in [2.75, 3.05) is 23.8 Å². The highest BCUT2D eigenvalue weighted by atomic mass is 35.5. The van der Waals surface area contributed by atoms with E-state index in [1.54, 1.807) is 23.5 Å². The van der Waals surface area contributed by atoms with E-state index in [2.05, 4.69) is 4.72 Å². The van der Waals surface area contributed by atoms with Crippen molar-refractivity contribution in [2.24, 2.45) is 0 Å².